The van der Waals surface area contributed by atoms with Crippen molar-refractivity contribution in [2.24, 2.45) is 0 Å². The number of rotatable bonds is 5. The second-order valence-electron chi connectivity index (χ2n) is 6.37. The number of piperidine rings is 1. The highest BCUT2D eigenvalue weighted by molar-refractivity contribution is 6.07. The maximum absolute atomic E-state index is 12.8. The minimum absolute atomic E-state index is 0.0425. The van der Waals surface area contributed by atoms with Crippen LogP contribution in [0.5, 0.6) is 0 Å². The zero-order valence-electron chi connectivity index (χ0n) is 14.9. The van der Waals surface area contributed by atoms with E-state index in [1.165, 1.54) is 18.1 Å². The van der Waals surface area contributed by atoms with E-state index < -0.39 is 18.1 Å². The van der Waals surface area contributed by atoms with Crippen LogP contribution in [-0.2, 0) is 11.3 Å². The molecular formula is C19H22N2O6. The smallest absolute Gasteiger partial charge is 0.291 e. The number of carbonyl (C=O) groups excluding carboxylic acids is 2. The Morgan fingerprint density at radius 2 is 2.00 bits per heavy atom. The fraction of sp³-hybridized carbons (Fsp3) is 0.368. The SMILES string of the molecule is COCc1ccc(C(=O)Nc2ccccc2C(=O)N2CC[C@H](O)[C@@H](O)C2)o1. The Hall–Kier alpha value is -2.68. The average Bonchev–Trinajstić information content (AvgIpc) is 3.13. The molecule has 0 unspecified atom stereocenters. The first-order valence-electron chi connectivity index (χ1n) is 8.63. The first-order valence-corrected chi connectivity index (χ1v) is 8.63. The monoisotopic (exact) mass is 374 g/mol. The number of furan rings is 1. The van der Waals surface area contributed by atoms with Gasteiger partial charge in [-0.05, 0) is 30.7 Å². The molecule has 2 atom stereocenters. The molecule has 3 N–H and O–H groups in total. The Morgan fingerprint density at radius 1 is 1.22 bits per heavy atom. The molecule has 144 valence electrons. The highest BCUT2D eigenvalue weighted by atomic mass is 16.5. The Morgan fingerprint density at radius 3 is 2.74 bits per heavy atom. The normalized spacial score (nSPS) is 19.7. The van der Waals surface area contributed by atoms with Crippen LogP contribution in [0.15, 0.2) is 40.8 Å². The number of nitrogens with one attached hydrogen (secondary N) is 1. The number of likely N-dealkylation sites (tertiary alicyclic amines) is 1. The first kappa shape index (κ1) is 19.1. The predicted octanol–water partition coefficient (Wildman–Crippen LogP) is 1.25. The minimum Gasteiger partial charge on any atom is -0.453 e. The molecule has 1 aromatic heterocycles. The number of anilines is 1. The van der Waals surface area contributed by atoms with Gasteiger partial charge < -0.3 is 29.6 Å². The Labute approximate surface area is 156 Å². The molecule has 1 aliphatic rings. The van der Waals surface area contributed by atoms with Gasteiger partial charge in [0.25, 0.3) is 11.8 Å². The first-order chi connectivity index (χ1) is 13.0. The summed E-state index contributed by atoms with van der Waals surface area (Å²) in [4.78, 5) is 26.7. The highest BCUT2D eigenvalue weighted by Crippen LogP contribution is 2.21. The molecule has 0 bridgehead atoms. The third-order valence-corrected chi connectivity index (χ3v) is 4.41. The van der Waals surface area contributed by atoms with E-state index in [1.54, 1.807) is 30.3 Å². The second-order valence-corrected chi connectivity index (χ2v) is 6.37. The quantitative estimate of drug-likeness (QED) is 0.726. The molecule has 1 aliphatic heterocycles. The van der Waals surface area contributed by atoms with E-state index in [0.717, 1.165) is 0 Å². The van der Waals surface area contributed by atoms with Gasteiger partial charge >= 0.3 is 0 Å². The van der Waals surface area contributed by atoms with E-state index in [4.69, 9.17) is 9.15 Å². The van der Waals surface area contributed by atoms with Crippen LogP contribution in [0.3, 0.4) is 0 Å². The van der Waals surface area contributed by atoms with Crippen LogP contribution in [0, 0.1) is 0 Å². The molecule has 2 amide bonds. The van der Waals surface area contributed by atoms with Gasteiger partial charge in [-0.15, -0.1) is 0 Å². The van der Waals surface area contributed by atoms with Crippen LogP contribution in [-0.4, -0.2) is 59.3 Å². The van der Waals surface area contributed by atoms with Crippen LogP contribution < -0.4 is 5.32 Å². The number of aliphatic hydroxyl groups is 2. The number of amides is 2. The van der Waals surface area contributed by atoms with Crippen molar-refractivity contribution in [2.75, 3.05) is 25.5 Å². The van der Waals surface area contributed by atoms with Gasteiger partial charge in [-0.2, -0.15) is 0 Å². The lowest BCUT2D eigenvalue weighted by Gasteiger charge is -2.33. The standard InChI is InChI=1S/C19H22N2O6/c1-26-11-12-6-7-17(27-12)18(24)20-14-5-3-2-4-13(14)19(25)21-9-8-15(22)16(23)10-21/h2-7,15-16,22-23H,8-11H2,1H3,(H,20,24)/t15-,16-/m0/s1. The predicted molar refractivity (Wildman–Crippen MR) is 96.4 cm³/mol. The topological polar surface area (TPSA) is 112 Å². The number of carbonyl (C=O) groups is 2. The van der Waals surface area contributed by atoms with Gasteiger partial charge in [-0.1, -0.05) is 12.1 Å². The number of hydrogen-bond donors (Lipinski definition) is 3. The summed E-state index contributed by atoms with van der Waals surface area (Å²) in [5, 5.41) is 22.1. The van der Waals surface area contributed by atoms with Gasteiger partial charge in [0.2, 0.25) is 0 Å². The zero-order valence-corrected chi connectivity index (χ0v) is 14.9. The second kappa shape index (κ2) is 8.34. The number of para-hydroxylation sites is 1. The molecule has 0 radical (unpaired) electrons. The molecule has 0 aliphatic carbocycles. The number of ether oxygens (including phenoxy) is 1. The summed E-state index contributed by atoms with van der Waals surface area (Å²) >= 11 is 0. The van der Waals surface area contributed by atoms with E-state index in [9.17, 15) is 19.8 Å². The van der Waals surface area contributed by atoms with Crippen molar-refractivity contribution in [3.8, 4) is 0 Å². The molecule has 3 rings (SSSR count). The van der Waals surface area contributed by atoms with Crippen molar-refractivity contribution in [1.82, 2.24) is 4.90 Å². The number of hydrogen-bond acceptors (Lipinski definition) is 6. The molecule has 1 saturated heterocycles. The average molecular weight is 374 g/mol. The van der Waals surface area contributed by atoms with Crippen molar-refractivity contribution >= 4 is 17.5 Å². The molecular weight excluding hydrogens is 352 g/mol. The maximum Gasteiger partial charge on any atom is 0.291 e. The number of nitrogens with zero attached hydrogens (tertiary/aromatic N) is 1. The molecule has 8 heteroatoms. The zero-order chi connectivity index (χ0) is 19.4. The van der Waals surface area contributed by atoms with Gasteiger partial charge in [-0.25, -0.2) is 0 Å². The Kier molecular flexibility index (Phi) is 5.90. The molecule has 2 aromatic rings. The summed E-state index contributed by atoms with van der Waals surface area (Å²) in [5.41, 5.74) is 0.649. The van der Waals surface area contributed by atoms with Crippen LogP contribution in [0.4, 0.5) is 5.69 Å². The molecule has 1 fully saturated rings. The summed E-state index contributed by atoms with van der Waals surface area (Å²) in [6, 6.07) is 9.82. The summed E-state index contributed by atoms with van der Waals surface area (Å²) in [6.45, 7) is 0.629. The molecule has 0 spiro atoms. The van der Waals surface area contributed by atoms with Crippen LogP contribution >= 0.6 is 0 Å². The van der Waals surface area contributed by atoms with E-state index >= 15 is 0 Å². The third kappa shape index (κ3) is 4.36. The van der Waals surface area contributed by atoms with Crippen LogP contribution in [0.1, 0.15) is 33.1 Å². The van der Waals surface area contributed by atoms with Gasteiger partial charge in [-0.3, -0.25) is 9.59 Å². The molecule has 1 aromatic carbocycles. The van der Waals surface area contributed by atoms with Gasteiger partial charge in [0.1, 0.15) is 12.4 Å². The number of benzene rings is 1. The largest absolute Gasteiger partial charge is 0.453 e. The fourth-order valence-corrected chi connectivity index (χ4v) is 2.96. The van der Waals surface area contributed by atoms with E-state index in [-0.39, 0.29) is 24.8 Å². The summed E-state index contributed by atoms with van der Waals surface area (Å²) in [5.74, 6) is -0.170. The molecule has 27 heavy (non-hydrogen) atoms. The maximum atomic E-state index is 12.8. The van der Waals surface area contributed by atoms with Crippen molar-refractivity contribution < 1.29 is 29.0 Å². The fourth-order valence-electron chi connectivity index (χ4n) is 2.96. The van der Waals surface area contributed by atoms with Gasteiger partial charge in [0, 0.05) is 20.2 Å². The molecule has 2 heterocycles. The minimum atomic E-state index is -0.980. The van der Waals surface area contributed by atoms with E-state index in [1.807, 2.05) is 0 Å². The van der Waals surface area contributed by atoms with Crippen LogP contribution in [0.25, 0.3) is 0 Å². The Bertz CT molecular complexity index is 818. The lowest BCUT2D eigenvalue weighted by Crippen LogP contribution is -2.49. The third-order valence-electron chi connectivity index (χ3n) is 4.41. The van der Waals surface area contributed by atoms with Gasteiger partial charge in [0.15, 0.2) is 5.76 Å². The van der Waals surface area contributed by atoms with E-state index in [2.05, 4.69) is 5.32 Å². The molecule has 0 saturated carbocycles. The van der Waals surface area contributed by atoms with Crippen molar-refractivity contribution in [2.45, 2.75) is 25.2 Å². The number of β-amino-alcohol motifs (C(OH)–C–C–N with tert-alkyl or cyclic N) is 1. The highest BCUT2D eigenvalue weighted by Gasteiger charge is 2.30. The van der Waals surface area contributed by atoms with Gasteiger partial charge in [0.05, 0.1) is 23.5 Å². The van der Waals surface area contributed by atoms with Crippen molar-refractivity contribution in [1.29, 1.82) is 0 Å². The summed E-state index contributed by atoms with van der Waals surface area (Å²) in [6.07, 6.45) is -1.51. The van der Waals surface area contributed by atoms with Crippen LogP contribution in [0.2, 0.25) is 0 Å². The summed E-state index contributed by atoms with van der Waals surface area (Å²) < 4.78 is 10.4. The van der Waals surface area contributed by atoms with Crippen molar-refractivity contribution in [3.05, 3.63) is 53.5 Å². The lowest BCUT2D eigenvalue weighted by atomic mass is 10.0. The number of aliphatic hydroxyl groups excluding tert-OH is 2. The lowest BCUT2D eigenvalue weighted by molar-refractivity contribution is -0.0321. The Balaban J connectivity index is 1.75. The summed E-state index contributed by atoms with van der Waals surface area (Å²) in [7, 11) is 1.53. The van der Waals surface area contributed by atoms with E-state index in [0.29, 0.717) is 30.0 Å². The van der Waals surface area contributed by atoms with Crippen molar-refractivity contribution in [3.63, 3.8) is 0 Å². The number of methoxy groups -OCH3 is 1. The molecule has 8 nitrogen and oxygen atoms in total.